The number of allylic oxidation sites excluding steroid dienone is 8. The maximum atomic E-state index is 12.2. The second-order valence-electron chi connectivity index (χ2n) is 10.4. The van der Waals surface area contributed by atoms with Crippen molar-refractivity contribution >= 4 is 19.8 Å². The van der Waals surface area contributed by atoms with Gasteiger partial charge in [-0.3, -0.25) is 18.6 Å². The van der Waals surface area contributed by atoms with Gasteiger partial charge in [-0.1, -0.05) is 94.6 Å². The molecule has 3 atom stereocenters. The molecule has 0 saturated carbocycles. The van der Waals surface area contributed by atoms with Crippen LogP contribution in [0.4, 0.5) is 0 Å². The van der Waals surface area contributed by atoms with Crippen molar-refractivity contribution in [3.8, 4) is 0 Å². The Balaban J connectivity index is 4.04. The average molecular weight is 645 g/mol. The Morgan fingerprint density at radius 3 is 1.52 bits per heavy atom. The monoisotopic (exact) mass is 644 g/mol. The lowest BCUT2D eigenvalue weighted by Gasteiger charge is -2.20. The Morgan fingerprint density at radius 1 is 0.636 bits per heavy atom. The van der Waals surface area contributed by atoms with Crippen LogP contribution in [-0.4, -0.2) is 65.7 Å². The minimum absolute atomic E-state index is 0.162. The van der Waals surface area contributed by atoms with Crippen molar-refractivity contribution in [1.29, 1.82) is 0 Å². The van der Waals surface area contributed by atoms with E-state index in [9.17, 15) is 29.3 Å². The Hall–Kier alpha value is -2.07. The molecule has 0 aliphatic carbocycles. The van der Waals surface area contributed by atoms with Crippen LogP contribution < -0.4 is 0 Å². The van der Waals surface area contributed by atoms with Crippen LogP contribution in [0.25, 0.3) is 0 Å². The van der Waals surface area contributed by atoms with Crippen molar-refractivity contribution in [2.75, 3.05) is 26.4 Å². The highest BCUT2D eigenvalue weighted by Gasteiger charge is 2.27. The number of phosphoric acid groups is 1. The van der Waals surface area contributed by atoms with Crippen LogP contribution in [0.15, 0.2) is 48.6 Å². The fourth-order valence-corrected chi connectivity index (χ4v) is 4.59. The Bertz CT molecular complexity index is 884. The highest BCUT2D eigenvalue weighted by Crippen LogP contribution is 2.43. The van der Waals surface area contributed by atoms with E-state index < -0.39 is 58.4 Å². The highest BCUT2D eigenvalue weighted by atomic mass is 31.2. The number of esters is 2. The minimum atomic E-state index is -4.62. The summed E-state index contributed by atoms with van der Waals surface area (Å²) in [4.78, 5) is 33.9. The highest BCUT2D eigenvalue weighted by molar-refractivity contribution is 7.47. The second kappa shape index (κ2) is 29.6. The molecule has 0 aromatic carbocycles. The van der Waals surface area contributed by atoms with Crippen LogP contribution in [0.5, 0.6) is 0 Å². The molecule has 0 saturated heterocycles. The second-order valence-corrected chi connectivity index (χ2v) is 11.9. The van der Waals surface area contributed by atoms with E-state index in [2.05, 4.69) is 62.5 Å². The molecule has 0 radical (unpaired) electrons. The summed E-state index contributed by atoms with van der Waals surface area (Å²) in [5, 5.41) is 18.9. The average Bonchev–Trinajstić information content (AvgIpc) is 3.01. The van der Waals surface area contributed by atoms with Gasteiger partial charge in [-0.05, 0) is 51.4 Å². The fourth-order valence-electron chi connectivity index (χ4n) is 3.81. The number of carbonyl (C=O) groups is 2. The van der Waals surface area contributed by atoms with E-state index in [1.54, 1.807) is 0 Å². The van der Waals surface area contributed by atoms with Crippen LogP contribution >= 0.6 is 7.82 Å². The third-order valence-electron chi connectivity index (χ3n) is 6.31. The van der Waals surface area contributed by atoms with Crippen molar-refractivity contribution in [2.24, 2.45) is 0 Å². The van der Waals surface area contributed by atoms with Gasteiger partial charge in [-0.25, -0.2) is 4.57 Å². The van der Waals surface area contributed by atoms with E-state index in [-0.39, 0.29) is 12.8 Å². The van der Waals surface area contributed by atoms with Gasteiger partial charge in [0.05, 0.1) is 26.4 Å². The van der Waals surface area contributed by atoms with Gasteiger partial charge in [0.2, 0.25) is 0 Å². The van der Waals surface area contributed by atoms with Crippen LogP contribution in [-0.2, 0) is 32.7 Å². The summed E-state index contributed by atoms with van der Waals surface area (Å²) in [7, 11) is -4.62. The number of rotatable bonds is 29. The van der Waals surface area contributed by atoms with E-state index in [1.807, 2.05) is 0 Å². The summed E-state index contributed by atoms with van der Waals surface area (Å²) >= 11 is 0. The first-order valence-electron chi connectivity index (χ1n) is 16.1. The number of carbonyl (C=O) groups excluding carboxylic acids is 2. The van der Waals surface area contributed by atoms with E-state index >= 15 is 0 Å². The van der Waals surface area contributed by atoms with Gasteiger partial charge in [0.25, 0.3) is 0 Å². The van der Waals surface area contributed by atoms with Crippen molar-refractivity contribution in [3.63, 3.8) is 0 Å². The SMILES string of the molecule is CC/C=C\C/C=C\C/C=C\C/C=C\CCCCCCC(=O)OC(CO)COP(=O)(O)OCC(CO)OC(=O)CCCCCC. The van der Waals surface area contributed by atoms with Crippen LogP contribution in [0.3, 0.4) is 0 Å². The quantitative estimate of drug-likeness (QED) is 0.0335. The fraction of sp³-hybridized carbons (Fsp3) is 0.697. The Kier molecular flexibility index (Phi) is 28.2. The first-order valence-corrected chi connectivity index (χ1v) is 17.6. The summed E-state index contributed by atoms with van der Waals surface area (Å²) in [5.41, 5.74) is 0. The zero-order valence-corrected chi connectivity index (χ0v) is 27.7. The molecule has 0 bridgehead atoms. The number of unbranched alkanes of at least 4 members (excludes halogenated alkanes) is 7. The summed E-state index contributed by atoms with van der Waals surface area (Å²) in [6.07, 6.45) is 27.4. The molecule has 44 heavy (non-hydrogen) atoms. The standard InChI is InChI=1S/C33H57O10P/c1-3-5-7-9-10-11-12-13-14-15-16-17-18-19-20-21-23-25-33(37)43-31(27-35)29-41-44(38,39)40-28-30(26-34)42-32(36)24-22-8-6-4-2/h5,7,10-11,13-14,16-17,30-31,34-35H,3-4,6,8-9,12,15,18-29H2,1-2H3,(H,38,39)/b7-5-,11-10-,14-13-,17-16-. The molecule has 0 aromatic heterocycles. The molecule has 0 rings (SSSR count). The molecule has 10 nitrogen and oxygen atoms in total. The molecule has 0 aliphatic rings. The lowest BCUT2D eigenvalue weighted by molar-refractivity contribution is -0.153. The van der Waals surface area contributed by atoms with Gasteiger partial charge in [-0.2, -0.15) is 0 Å². The Labute approximate surface area is 264 Å². The van der Waals surface area contributed by atoms with E-state index in [0.29, 0.717) is 12.8 Å². The van der Waals surface area contributed by atoms with Crippen molar-refractivity contribution in [1.82, 2.24) is 0 Å². The van der Waals surface area contributed by atoms with Gasteiger partial charge in [0.1, 0.15) is 12.2 Å². The molecule has 254 valence electrons. The maximum Gasteiger partial charge on any atom is 0.472 e. The molecule has 3 unspecified atom stereocenters. The van der Waals surface area contributed by atoms with E-state index in [1.165, 1.54) is 0 Å². The summed E-state index contributed by atoms with van der Waals surface area (Å²) in [6.45, 7) is 1.86. The molecule has 0 aliphatic heterocycles. The third kappa shape index (κ3) is 27.5. The van der Waals surface area contributed by atoms with Gasteiger partial charge in [0, 0.05) is 12.8 Å². The molecule has 0 fully saturated rings. The molecule has 0 amide bonds. The topological polar surface area (TPSA) is 149 Å². The number of aliphatic hydroxyl groups is 2. The molecule has 0 heterocycles. The zero-order chi connectivity index (χ0) is 32.7. The summed E-state index contributed by atoms with van der Waals surface area (Å²) < 4.78 is 32.0. The number of aliphatic hydroxyl groups excluding tert-OH is 2. The smallest absolute Gasteiger partial charge is 0.457 e. The largest absolute Gasteiger partial charge is 0.472 e. The van der Waals surface area contributed by atoms with Gasteiger partial charge >= 0.3 is 19.8 Å². The van der Waals surface area contributed by atoms with Crippen molar-refractivity contribution in [2.45, 2.75) is 122 Å². The van der Waals surface area contributed by atoms with Gasteiger partial charge in [0.15, 0.2) is 0 Å². The number of hydrogen-bond acceptors (Lipinski definition) is 9. The van der Waals surface area contributed by atoms with E-state index in [0.717, 1.165) is 70.6 Å². The minimum Gasteiger partial charge on any atom is -0.457 e. The molecule has 0 aromatic rings. The molecule has 11 heteroatoms. The molecular formula is C33H57O10P. The van der Waals surface area contributed by atoms with E-state index in [4.69, 9.17) is 18.5 Å². The predicted molar refractivity (Wildman–Crippen MR) is 173 cm³/mol. The molecule has 3 N–H and O–H groups in total. The summed E-state index contributed by atoms with van der Waals surface area (Å²) in [5.74, 6) is -1.07. The third-order valence-corrected chi connectivity index (χ3v) is 7.26. The van der Waals surface area contributed by atoms with Gasteiger partial charge in [-0.15, -0.1) is 0 Å². The zero-order valence-electron chi connectivity index (χ0n) is 26.9. The maximum absolute atomic E-state index is 12.2. The first-order chi connectivity index (χ1) is 21.3. The normalized spacial score (nSPS) is 14.9. The molecule has 0 spiro atoms. The van der Waals surface area contributed by atoms with Crippen LogP contribution in [0, 0.1) is 0 Å². The number of ether oxygens (including phenoxy) is 2. The van der Waals surface area contributed by atoms with Crippen LogP contribution in [0.1, 0.15) is 110 Å². The first kappa shape index (κ1) is 41.9. The molecular weight excluding hydrogens is 587 g/mol. The number of phosphoric ester groups is 1. The lowest BCUT2D eigenvalue weighted by atomic mass is 10.1. The van der Waals surface area contributed by atoms with Crippen LogP contribution in [0.2, 0.25) is 0 Å². The van der Waals surface area contributed by atoms with Gasteiger partial charge < -0.3 is 24.6 Å². The number of hydrogen-bond donors (Lipinski definition) is 3. The predicted octanol–water partition coefficient (Wildman–Crippen LogP) is 7.04. The summed E-state index contributed by atoms with van der Waals surface area (Å²) in [6, 6.07) is 0. The van der Waals surface area contributed by atoms with Crippen molar-refractivity contribution < 1.29 is 47.8 Å². The lowest BCUT2D eigenvalue weighted by Crippen LogP contribution is -2.28. The van der Waals surface area contributed by atoms with Crippen molar-refractivity contribution in [3.05, 3.63) is 48.6 Å². The Morgan fingerprint density at radius 2 is 1.07 bits per heavy atom.